The summed E-state index contributed by atoms with van der Waals surface area (Å²) in [5, 5.41) is 10.9. The largest absolute Gasteiger partial charge is 0.368 e. The Balaban J connectivity index is 1.95. The van der Waals surface area contributed by atoms with Gasteiger partial charge in [-0.15, -0.1) is 0 Å². The summed E-state index contributed by atoms with van der Waals surface area (Å²) in [7, 11) is 1.93. The molecular formula is C12H17ClN6. The van der Waals surface area contributed by atoms with Crippen LogP contribution in [-0.2, 0) is 13.5 Å². The van der Waals surface area contributed by atoms with Crippen LogP contribution in [0.4, 0.5) is 11.8 Å². The molecule has 7 heteroatoms. The molecule has 0 unspecified atom stereocenters. The summed E-state index contributed by atoms with van der Waals surface area (Å²) in [6.07, 6.45) is 4.24. The SMILES string of the molecule is CCNc1ncc(Cl)c(NCCc2ccnn2C)n1. The van der Waals surface area contributed by atoms with E-state index >= 15 is 0 Å². The molecule has 2 rings (SSSR count). The Morgan fingerprint density at radius 2 is 2.21 bits per heavy atom. The minimum atomic E-state index is 0.520. The van der Waals surface area contributed by atoms with Gasteiger partial charge in [-0.3, -0.25) is 4.68 Å². The summed E-state index contributed by atoms with van der Waals surface area (Å²) >= 11 is 6.06. The van der Waals surface area contributed by atoms with E-state index in [1.165, 1.54) is 0 Å². The molecule has 0 saturated carbocycles. The van der Waals surface area contributed by atoms with Gasteiger partial charge in [-0.2, -0.15) is 10.1 Å². The lowest BCUT2D eigenvalue weighted by atomic mass is 10.3. The first-order valence-electron chi connectivity index (χ1n) is 6.18. The fourth-order valence-corrected chi connectivity index (χ4v) is 1.85. The highest BCUT2D eigenvalue weighted by Crippen LogP contribution is 2.19. The Labute approximate surface area is 117 Å². The minimum Gasteiger partial charge on any atom is -0.368 e. The third kappa shape index (κ3) is 3.57. The van der Waals surface area contributed by atoms with Gasteiger partial charge in [0.2, 0.25) is 5.95 Å². The van der Waals surface area contributed by atoms with E-state index in [1.807, 2.05) is 24.7 Å². The van der Waals surface area contributed by atoms with Crippen molar-refractivity contribution in [2.75, 3.05) is 23.7 Å². The molecule has 2 heterocycles. The summed E-state index contributed by atoms with van der Waals surface area (Å²) in [5.74, 6) is 1.23. The zero-order valence-electron chi connectivity index (χ0n) is 11.0. The van der Waals surface area contributed by atoms with Gasteiger partial charge >= 0.3 is 0 Å². The Kier molecular flexibility index (Phi) is 4.57. The summed E-state index contributed by atoms with van der Waals surface area (Å²) in [5.41, 5.74) is 1.16. The molecule has 102 valence electrons. The van der Waals surface area contributed by atoms with E-state index in [0.717, 1.165) is 25.2 Å². The summed E-state index contributed by atoms with van der Waals surface area (Å²) in [4.78, 5) is 8.41. The second-order valence-electron chi connectivity index (χ2n) is 4.04. The van der Waals surface area contributed by atoms with Gasteiger partial charge in [0.15, 0.2) is 0 Å². The predicted octanol–water partition coefficient (Wildman–Crippen LogP) is 1.95. The van der Waals surface area contributed by atoms with Crippen LogP contribution in [-0.4, -0.2) is 32.8 Å². The van der Waals surface area contributed by atoms with E-state index in [2.05, 4.69) is 25.7 Å². The van der Waals surface area contributed by atoms with Crippen LogP contribution in [0, 0.1) is 0 Å². The highest BCUT2D eigenvalue weighted by atomic mass is 35.5. The van der Waals surface area contributed by atoms with Crippen LogP contribution in [0.25, 0.3) is 0 Å². The van der Waals surface area contributed by atoms with E-state index in [9.17, 15) is 0 Å². The van der Waals surface area contributed by atoms with Crippen LogP contribution in [0.2, 0.25) is 5.02 Å². The minimum absolute atomic E-state index is 0.520. The van der Waals surface area contributed by atoms with Crippen molar-refractivity contribution in [3.63, 3.8) is 0 Å². The number of rotatable bonds is 6. The number of anilines is 2. The van der Waals surface area contributed by atoms with Crippen molar-refractivity contribution in [2.45, 2.75) is 13.3 Å². The van der Waals surface area contributed by atoms with Crippen molar-refractivity contribution in [1.29, 1.82) is 0 Å². The van der Waals surface area contributed by atoms with E-state index < -0.39 is 0 Å². The average molecular weight is 281 g/mol. The van der Waals surface area contributed by atoms with Gasteiger partial charge in [0.05, 0.1) is 6.20 Å². The first kappa shape index (κ1) is 13.6. The lowest BCUT2D eigenvalue weighted by Crippen LogP contribution is -2.11. The van der Waals surface area contributed by atoms with Crippen LogP contribution in [0.1, 0.15) is 12.6 Å². The standard InChI is InChI=1S/C12H17ClN6/c1-3-14-12-16-8-10(13)11(18-12)15-6-4-9-5-7-17-19(9)2/h5,7-8H,3-4,6H2,1-2H3,(H2,14,15,16,18). The number of nitrogens with zero attached hydrogens (tertiary/aromatic N) is 4. The van der Waals surface area contributed by atoms with Crippen LogP contribution < -0.4 is 10.6 Å². The van der Waals surface area contributed by atoms with Gasteiger partial charge in [0.25, 0.3) is 0 Å². The van der Waals surface area contributed by atoms with Gasteiger partial charge < -0.3 is 10.6 Å². The molecule has 0 amide bonds. The lowest BCUT2D eigenvalue weighted by Gasteiger charge is -2.09. The van der Waals surface area contributed by atoms with Gasteiger partial charge in [-0.1, -0.05) is 11.6 Å². The number of halogens is 1. The third-order valence-electron chi connectivity index (χ3n) is 2.68. The maximum absolute atomic E-state index is 6.06. The molecule has 0 aliphatic carbocycles. The van der Waals surface area contributed by atoms with Gasteiger partial charge in [-0.05, 0) is 13.0 Å². The Morgan fingerprint density at radius 1 is 1.37 bits per heavy atom. The molecule has 2 aromatic rings. The van der Waals surface area contributed by atoms with Gasteiger partial charge in [0, 0.05) is 38.4 Å². The van der Waals surface area contributed by atoms with E-state index in [4.69, 9.17) is 11.6 Å². The van der Waals surface area contributed by atoms with Crippen molar-refractivity contribution in [3.8, 4) is 0 Å². The zero-order valence-corrected chi connectivity index (χ0v) is 11.8. The normalized spacial score (nSPS) is 10.5. The quantitative estimate of drug-likeness (QED) is 0.846. The number of aromatic nitrogens is 4. The van der Waals surface area contributed by atoms with Crippen LogP contribution in [0.3, 0.4) is 0 Å². The maximum Gasteiger partial charge on any atom is 0.224 e. The zero-order chi connectivity index (χ0) is 13.7. The molecule has 0 atom stereocenters. The molecule has 0 aliphatic heterocycles. The molecule has 0 bridgehead atoms. The summed E-state index contributed by atoms with van der Waals surface area (Å²) in [6, 6.07) is 1.99. The smallest absolute Gasteiger partial charge is 0.224 e. The van der Waals surface area contributed by atoms with Crippen LogP contribution >= 0.6 is 11.6 Å². The molecule has 0 radical (unpaired) electrons. The Morgan fingerprint density at radius 3 is 2.89 bits per heavy atom. The fraction of sp³-hybridized carbons (Fsp3) is 0.417. The van der Waals surface area contributed by atoms with Crippen LogP contribution in [0.15, 0.2) is 18.5 Å². The number of hydrogen-bond acceptors (Lipinski definition) is 5. The second kappa shape index (κ2) is 6.38. The van der Waals surface area contributed by atoms with Crippen molar-refractivity contribution in [2.24, 2.45) is 7.05 Å². The third-order valence-corrected chi connectivity index (χ3v) is 2.95. The molecule has 2 N–H and O–H groups in total. The van der Waals surface area contributed by atoms with Crippen molar-refractivity contribution in [3.05, 3.63) is 29.2 Å². The highest BCUT2D eigenvalue weighted by Gasteiger charge is 2.05. The van der Waals surface area contributed by atoms with Gasteiger partial charge in [0.1, 0.15) is 10.8 Å². The molecule has 0 aliphatic rings. The molecule has 0 fully saturated rings. The van der Waals surface area contributed by atoms with Crippen molar-refractivity contribution >= 4 is 23.4 Å². The monoisotopic (exact) mass is 280 g/mol. The van der Waals surface area contributed by atoms with E-state index in [-0.39, 0.29) is 0 Å². The Bertz CT molecular complexity index is 539. The van der Waals surface area contributed by atoms with Gasteiger partial charge in [-0.25, -0.2) is 4.98 Å². The molecule has 0 aromatic carbocycles. The maximum atomic E-state index is 6.06. The molecular weight excluding hydrogens is 264 g/mol. The molecule has 2 aromatic heterocycles. The number of nitrogens with one attached hydrogen (secondary N) is 2. The molecule has 0 spiro atoms. The number of hydrogen-bond donors (Lipinski definition) is 2. The van der Waals surface area contributed by atoms with Crippen LogP contribution in [0.5, 0.6) is 0 Å². The lowest BCUT2D eigenvalue weighted by molar-refractivity contribution is 0.711. The average Bonchev–Trinajstić information content (AvgIpc) is 2.79. The summed E-state index contributed by atoms with van der Waals surface area (Å²) in [6.45, 7) is 3.51. The topological polar surface area (TPSA) is 67.7 Å². The molecule has 0 saturated heterocycles. The second-order valence-corrected chi connectivity index (χ2v) is 4.45. The van der Waals surface area contributed by atoms with Crippen molar-refractivity contribution in [1.82, 2.24) is 19.7 Å². The first-order valence-corrected chi connectivity index (χ1v) is 6.55. The highest BCUT2D eigenvalue weighted by molar-refractivity contribution is 6.32. The van der Waals surface area contributed by atoms with Crippen molar-refractivity contribution < 1.29 is 0 Å². The molecule has 19 heavy (non-hydrogen) atoms. The fourth-order valence-electron chi connectivity index (χ4n) is 1.69. The predicted molar refractivity (Wildman–Crippen MR) is 76.6 cm³/mol. The summed E-state index contributed by atoms with van der Waals surface area (Å²) < 4.78 is 1.85. The van der Waals surface area contributed by atoms with E-state index in [1.54, 1.807) is 12.4 Å². The first-order chi connectivity index (χ1) is 9.20. The number of aryl methyl sites for hydroxylation is 1. The molecule has 6 nitrogen and oxygen atoms in total. The Hall–Kier alpha value is -1.82. The van der Waals surface area contributed by atoms with E-state index in [0.29, 0.717) is 16.8 Å².